The average Bonchev–Trinajstić information content (AvgIpc) is 2.87. The molecule has 11 heteroatoms. The molecule has 3 atom stereocenters. The molecule has 2 rings (SSSR count). The van der Waals surface area contributed by atoms with Crippen LogP contribution in [0.25, 0.3) is 0 Å². The molecule has 10 nitrogen and oxygen atoms in total. The van der Waals surface area contributed by atoms with Gasteiger partial charge in [0.05, 0.1) is 6.10 Å². The standard InChI is InChI=1S/C12H18N3O7P/c1-6-5-15(12(18)14-10(6)17)7-2-3-8(4-7)22-11(9(13)16)23(19,20)21/h5,7-8,11H,2-4H2,1H3,(H2,13,16)(H,14,17,18)(H2,19,20,21)/t7-,8+,11?/m0/s1. The number of nitrogens with two attached hydrogens (primary N) is 1. The van der Waals surface area contributed by atoms with E-state index in [0.29, 0.717) is 18.4 Å². The summed E-state index contributed by atoms with van der Waals surface area (Å²) in [5.74, 6) is -3.24. The van der Waals surface area contributed by atoms with Crippen LogP contribution in [0.4, 0.5) is 0 Å². The Morgan fingerprint density at radius 3 is 2.70 bits per heavy atom. The molecule has 1 aromatic rings. The Morgan fingerprint density at radius 1 is 1.48 bits per heavy atom. The van der Waals surface area contributed by atoms with Gasteiger partial charge in [-0.15, -0.1) is 0 Å². The highest BCUT2D eigenvalue weighted by Gasteiger charge is 2.39. The number of aromatic nitrogens is 2. The van der Waals surface area contributed by atoms with E-state index in [4.69, 9.17) is 20.3 Å². The maximum atomic E-state index is 11.8. The van der Waals surface area contributed by atoms with Crippen LogP contribution in [0, 0.1) is 6.92 Å². The van der Waals surface area contributed by atoms with Crippen LogP contribution >= 0.6 is 7.60 Å². The molecular weight excluding hydrogens is 329 g/mol. The first-order valence-corrected chi connectivity index (χ1v) is 8.60. The van der Waals surface area contributed by atoms with Crippen LogP contribution in [-0.2, 0) is 14.1 Å². The number of amides is 1. The van der Waals surface area contributed by atoms with E-state index in [2.05, 4.69) is 4.98 Å². The number of primary amides is 1. The molecule has 5 N–H and O–H groups in total. The van der Waals surface area contributed by atoms with E-state index in [1.807, 2.05) is 0 Å². The monoisotopic (exact) mass is 347 g/mol. The van der Waals surface area contributed by atoms with E-state index >= 15 is 0 Å². The van der Waals surface area contributed by atoms with Crippen LogP contribution in [0.5, 0.6) is 0 Å². The van der Waals surface area contributed by atoms with Crippen molar-refractivity contribution in [1.29, 1.82) is 0 Å². The summed E-state index contributed by atoms with van der Waals surface area (Å²) < 4.78 is 17.7. The van der Waals surface area contributed by atoms with Crippen molar-refractivity contribution >= 4 is 13.5 Å². The predicted molar refractivity (Wildman–Crippen MR) is 78.8 cm³/mol. The van der Waals surface area contributed by atoms with E-state index < -0.39 is 36.7 Å². The molecule has 1 heterocycles. The number of carbonyl (C=O) groups excluding carboxylic acids is 1. The molecule has 0 bridgehead atoms. The molecular formula is C12H18N3O7P. The molecule has 1 unspecified atom stereocenters. The molecule has 1 aliphatic rings. The van der Waals surface area contributed by atoms with Gasteiger partial charge in [-0.2, -0.15) is 0 Å². The average molecular weight is 347 g/mol. The third-order valence-corrected chi connectivity index (χ3v) is 4.75. The highest BCUT2D eigenvalue weighted by atomic mass is 31.2. The lowest BCUT2D eigenvalue weighted by Gasteiger charge is -2.20. The van der Waals surface area contributed by atoms with Gasteiger partial charge in [0.2, 0.25) is 5.85 Å². The summed E-state index contributed by atoms with van der Waals surface area (Å²) in [6.45, 7) is 1.56. The zero-order chi connectivity index (χ0) is 17.4. The molecule has 1 saturated carbocycles. The van der Waals surface area contributed by atoms with Crippen molar-refractivity contribution in [1.82, 2.24) is 9.55 Å². The Balaban J connectivity index is 2.14. The van der Waals surface area contributed by atoms with Gasteiger partial charge in [-0.3, -0.25) is 23.7 Å². The number of ether oxygens (including phenoxy) is 1. The summed E-state index contributed by atoms with van der Waals surface area (Å²) in [6.07, 6.45) is 1.99. The third-order valence-electron chi connectivity index (χ3n) is 3.77. The number of nitrogens with zero attached hydrogens (tertiary/aromatic N) is 1. The molecule has 1 amide bonds. The number of carbonyl (C=O) groups is 1. The zero-order valence-corrected chi connectivity index (χ0v) is 13.2. The Morgan fingerprint density at radius 2 is 2.13 bits per heavy atom. The van der Waals surface area contributed by atoms with Crippen molar-refractivity contribution in [3.8, 4) is 0 Å². The molecule has 1 aliphatic carbocycles. The SMILES string of the molecule is Cc1cn([C@H]2CC[C@@H](OC(C(N)=O)P(=O)(O)O)C2)c(=O)[nH]c1=O. The van der Waals surface area contributed by atoms with Crippen molar-refractivity contribution < 1.29 is 23.9 Å². The number of aryl methyl sites for hydroxylation is 1. The number of H-pyrrole nitrogens is 1. The maximum absolute atomic E-state index is 11.8. The first-order valence-electron chi connectivity index (χ1n) is 6.91. The summed E-state index contributed by atoms with van der Waals surface area (Å²) in [7, 11) is -4.81. The van der Waals surface area contributed by atoms with Gasteiger partial charge in [-0.25, -0.2) is 4.79 Å². The van der Waals surface area contributed by atoms with E-state index in [0.717, 1.165) is 0 Å². The summed E-state index contributed by atoms with van der Waals surface area (Å²) in [4.78, 5) is 54.7. The van der Waals surface area contributed by atoms with Gasteiger partial charge >= 0.3 is 13.3 Å². The Labute approximate surface area is 130 Å². The molecule has 128 valence electrons. The number of hydrogen-bond donors (Lipinski definition) is 4. The number of hydrogen-bond acceptors (Lipinski definition) is 5. The summed E-state index contributed by atoms with van der Waals surface area (Å²) in [6, 6.07) is -0.298. The van der Waals surface area contributed by atoms with Gasteiger partial charge in [0.1, 0.15) is 0 Å². The third kappa shape index (κ3) is 3.97. The predicted octanol–water partition coefficient (Wildman–Crippen LogP) is -1.06. The first kappa shape index (κ1) is 17.6. The van der Waals surface area contributed by atoms with Crippen molar-refractivity contribution in [2.75, 3.05) is 0 Å². The lowest BCUT2D eigenvalue weighted by Crippen LogP contribution is -2.35. The van der Waals surface area contributed by atoms with Gasteiger partial charge < -0.3 is 20.3 Å². The Hall–Kier alpha value is -1.74. The maximum Gasteiger partial charge on any atom is 0.363 e. The fourth-order valence-corrected chi connectivity index (χ4v) is 3.31. The largest absolute Gasteiger partial charge is 0.367 e. The van der Waals surface area contributed by atoms with Crippen molar-refractivity contribution in [2.45, 2.75) is 44.2 Å². The van der Waals surface area contributed by atoms with Crippen LogP contribution in [0.3, 0.4) is 0 Å². The quantitative estimate of drug-likeness (QED) is 0.493. The minimum atomic E-state index is -4.81. The molecule has 0 saturated heterocycles. The number of rotatable bonds is 5. The fraction of sp³-hybridized carbons (Fsp3) is 0.583. The van der Waals surface area contributed by atoms with E-state index in [1.54, 1.807) is 6.92 Å². The number of nitrogens with one attached hydrogen (secondary N) is 1. The second kappa shape index (κ2) is 6.40. The van der Waals surface area contributed by atoms with Crippen LogP contribution in [0.1, 0.15) is 30.9 Å². The lowest BCUT2D eigenvalue weighted by molar-refractivity contribution is -0.128. The summed E-state index contributed by atoms with van der Waals surface area (Å²) >= 11 is 0. The fourth-order valence-electron chi connectivity index (χ4n) is 2.65. The van der Waals surface area contributed by atoms with Gasteiger partial charge in [0, 0.05) is 17.8 Å². The van der Waals surface area contributed by atoms with E-state index in [9.17, 15) is 18.9 Å². The van der Waals surface area contributed by atoms with Crippen molar-refractivity contribution in [2.24, 2.45) is 5.73 Å². The van der Waals surface area contributed by atoms with Crippen LogP contribution < -0.4 is 17.0 Å². The summed E-state index contributed by atoms with van der Waals surface area (Å²) in [5.41, 5.74) is 4.30. The molecule has 0 spiro atoms. The minimum absolute atomic E-state index is 0.273. The van der Waals surface area contributed by atoms with Gasteiger partial charge in [-0.1, -0.05) is 0 Å². The second-order valence-electron chi connectivity index (χ2n) is 5.55. The Kier molecular flexibility index (Phi) is 4.90. The normalized spacial score (nSPS) is 22.9. The Bertz CT molecular complexity index is 765. The van der Waals surface area contributed by atoms with Crippen molar-refractivity contribution in [3.63, 3.8) is 0 Å². The molecule has 0 radical (unpaired) electrons. The second-order valence-corrected chi connectivity index (χ2v) is 7.19. The molecule has 0 aliphatic heterocycles. The van der Waals surface area contributed by atoms with Crippen LogP contribution in [0.15, 0.2) is 15.8 Å². The molecule has 1 fully saturated rings. The minimum Gasteiger partial charge on any atom is -0.367 e. The zero-order valence-electron chi connectivity index (χ0n) is 12.3. The molecule has 0 aromatic carbocycles. The van der Waals surface area contributed by atoms with Crippen LogP contribution in [-0.4, -0.2) is 37.2 Å². The van der Waals surface area contributed by atoms with Crippen LogP contribution in [0.2, 0.25) is 0 Å². The van der Waals surface area contributed by atoms with E-state index in [-0.39, 0.29) is 12.5 Å². The lowest BCUT2D eigenvalue weighted by atomic mass is 10.2. The van der Waals surface area contributed by atoms with Gasteiger partial charge in [0.25, 0.3) is 11.5 Å². The van der Waals surface area contributed by atoms with Crippen molar-refractivity contribution in [3.05, 3.63) is 32.6 Å². The van der Waals surface area contributed by atoms with Gasteiger partial charge in [0.15, 0.2) is 0 Å². The van der Waals surface area contributed by atoms with E-state index in [1.165, 1.54) is 10.8 Å². The smallest absolute Gasteiger partial charge is 0.363 e. The highest BCUT2D eigenvalue weighted by molar-refractivity contribution is 7.53. The topological polar surface area (TPSA) is 165 Å². The first-order chi connectivity index (χ1) is 10.6. The molecule has 23 heavy (non-hydrogen) atoms. The summed E-state index contributed by atoms with van der Waals surface area (Å²) in [5, 5.41) is 0. The highest BCUT2D eigenvalue weighted by Crippen LogP contribution is 2.44. The molecule has 1 aromatic heterocycles. The van der Waals surface area contributed by atoms with Gasteiger partial charge in [-0.05, 0) is 26.2 Å². The number of aromatic amines is 1.